The molecule has 0 spiro atoms. The number of rotatable bonds is 7. The molecule has 2 aliphatic carbocycles. The summed E-state index contributed by atoms with van der Waals surface area (Å²) in [7, 11) is 0. The first-order valence-corrected chi connectivity index (χ1v) is 13.8. The van der Waals surface area contributed by atoms with Crippen LogP contribution >= 0.6 is 69.6 Å². The fourth-order valence-electron chi connectivity index (χ4n) is 5.42. The number of allylic oxidation sites excluding steroid dienone is 2. The molecule has 42 heavy (non-hydrogen) atoms. The van der Waals surface area contributed by atoms with Crippen LogP contribution in [0.25, 0.3) is 0 Å². The zero-order valence-electron chi connectivity index (χ0n) is 20.3. The number of imide groups is 1. The Bertz CT molecular complexity index is 1640. The lowest BCUT2D eigenvalue weighted by Gasteiger charge is -2.36. The Kier molecular flexibility index (Phi) is 7.28. The molecule has 218 valence electrons. The SMILES string of the molecule is O=C(CN(C(=O)c1ccccc1[N+](=O)[O-])N1C(=O)[C@@H]2[C@@H](C1=O)[C@@]1(Cl)C(Cl)=C(Cl)[C@@]2(Cl)C1(Cl)Cl)c1cccc([N+](=O)[O-])c1. The number of para-hydroxylation sites is 1. The summed E-state index contributed by atoms with van der Waals surface area (Å²) in [6.45, 7) is -1.07. The molecule has 2 fully saturated rings. The van der Waals surface area contributed by atoms with Crippen molar-refractivity contribution >= 4 is 104 Å². The number of carbonyl (C=O) groups excluding carboxylic acids is 4. The second kappa shape index (κ2) is 10.0. The molecule has 4 atom stereocenters. The average Bonchev–Trinajstić information content (AvgIpc) is 3.34. The molecule has 1 aliphatic heterocycles. The van der Waals surface area contributed by atoms with Gasteiger partial charge in [0.1, 0.15) is 21.9 Å². The molecule has 1 heterocycles. The summed E-state index contributed by atoms with van der Waals surface area (Å²) in [6, 6.07) is 9.03. The van der Waals surface area contributed by atoms with Crippen molar-refractivity contribution < 1.29 is 29.0 Å². The molecule has 0 aromatic heterocycles. The van der Waals surface area contributed by atoms with Gasteiger partial charge in [0.25, 0.3) is 29.1 Å². The number of hydrogen-bond donors (Lipinski definition) is 0. The molecule has 1 saturated heterocycles. The van der Waals surface area contributed by atoms with Crippen LogP contribution in [-0.4, -0.2) is 64.0 Å². The van der Waals surface area contributed by atoms with E-state index in [1.807, 2.05) is 0 Å². The second-order valence-corrected chi connectivity index (χ2v) is 12.7. The Morgan fingerprint density at radius 2 is 1.40 bits per heavy atom. The number of nitro benzene ring substituents is 2. The molecule has 0 radical (unpaired) electrons. The summed E-state index contributed by atoms with van der Waals surface area (Å²) >= 11 is 39.0. The van der Waals surface area contributed by atoms with Crippen molar-refractivity contribution in [3.63, 3.8) is 0 Å². The van der Waals surface area contributed by atoms with Crippen LogP contribution in [-0.2, 0) is 9.59 Å². The maximum atomic E-state index is 13.9. The molecule has 12 nitrogen and oxygen atoms in total. The second-order valence-electron chi connectivity index (χ2n) is 9.44. The lowest BCUT2D eigenvalue weighted by atomic mass is 9.84. The van der Waals surface area contributed by atoms with Gasteiger partial charge in [-0.05, 0) is 6.07 Å². The maximum absolute atomic E-state index is 13.9. The number of Topliss-reactive ketones (excluding diaryl/α,β-unsaturated/α-hetero) is 1. The zero-order valence-corrected chi connectivity index (χ0v) is 24.8. The quantitative estimate of drug-likeness (QED) is 0.126. The lowest BCUT2D eigenvalue weighted by Crippen LogP contribution is -2.56. The number of hydrogen-bond acceptors (Lipinski definition) is 8. The van der Waals surface area contributed by atoms with Crippen LogP contribution in [0.15, 0.2) is 58.6 Å². The van der Waals surface area contributed by atoms with Crippen LogP contribution in [0.3, 0.4) is 0 Å². The summed E-state index contributed by atoms with van der Waals surface area (Å²) in [4.78, 5) is 71.8. The summed E-state index contributed by atoms with van der Waals surface area (Å²) < 4.78 is -2.28. The number of benzene rings is 2. The van der Waals surface area contributed by atoms with Gasteiger partial charge in [-0.25, -0.2) is 5.01 Å². The lowest BCUT2D eigenvalue weighted by molar-refractivity contribution is -0.385. The number of alkyl halides is 4. The van der Waals surface area contributed by atoms with E-state index in [2.05, 4.69) is 0 Å². The van der Waals surface area contributed by atoms with Gasteiger partial charge in [0.05, 0.1) is 31.7 Å². The minimum atomic E-state index is -2.28. The third-order valence-corrected chi connectivity index (χ3v) is 11.6. The number of nitro groups is 2. The number of amides is 3. The van der Waals surface area contributed by atoms with Crippen molar-refractivity contribution in [2.24, 2.45) is 11.8 Å². The van der Waals surface area contributed by atoms with Crippen LogP contribution in [0, 0.1) is 32.1 Å². The number of hydrazine groups is 1. The van der Waals surface area contributed by atoms with E-state index in [9.17, 15) is 39.4 Å². The normalized spacial score (nSPS) is 27.3. The molecule has 18 heteroatoms. The highest BCUT2D eigenvalue weighted by Gasteiger charge is 2.88. The van der Waals surface area contributed by atoms with E-state index in [4.69, 9.17) is 69.6 Å². The van der Waals surface area contributed by atoms with E-state index < -0.39 is 92.8 Å². The minimum Gasteiger partial charge on any atom is -0.292 e. The van der Waals surface area contributed by atoms with Crippen molar-refractivity contribution in [2.75, 3.05) is 6.54 Å². The summed E-state index contributed by atoms with van der Waals surface area (Å²) in [5.41, 5.74) is -2.01. The standard InChI is InChI=1S/C24H12Cl6N4O8/c25-17-18(26)23(28)16-15(22(17,27)24(23,29)30)20(37)32(21(16)38)31(19(36)12-6-1-2-7-13(12)34(41)42)9-14(35)10-4-3-5-11(8-10)33(39)40/h1-8,15-16H,9H2/t15-,16-,22+,23+/m0/s1. The van der Waals surface area contributed by atoms with Gasteiger partial charge in [0, 0.05) is 23.8 Å². The van der Waals surface area contributed by atoms with Crippen molar-refractivity contribution in [3.8, 4) is 0 Å². The van der Waals surface area contributed by atoms with Crippen molar-refractivity contribution in [2.45, 2.75) is 14.1 Å². The van der Waals surface area contributed by atoms with Gasteiger partial charge in [-0.2, -0.15) is 5.01 Å². The number of fused-ring (bicyclic) bond motifs is 5. The van der Waals surface area contributed by atoms with Crippen LogP contribution in [0.2, 0.25) is 0 Å². The maximum Gasteiger partial charge on any atom is 0.282 e. The van der Waals surface area contributed by atoms with E-state index in [1.165, 1.54) is 24.3 Å². The van der Waals surface area contributed by atoms with Gasteiger partial charge < -0.3 is 0 Å². The largest absolute Gasteiger partial charge is 0.292 e. The minimum absolute atomic E-state index is 0.264. The summed E-state index contributed by atoms with van der Waals surface area (Å²) in [5, 5.41) is 22.8. The van der Waals surface area contributed by atoms with Gasteiger partial charge in [0.2, 0.25) is 0 Å². The number of nitrogens with zero attached hydrogens (tertiary/aromatic N) is 4. The zero-order chi connectivity index (χ0) is 31.1. The van der Waals surface area contributed by atoms with Crippen LogP contribution in [0.1, 0.15) is 20.7 Å². The van der Waals surface area contributed by atoms with Crippen LogP contribution in [0.4, 0.5) is 11.4 Å². The van der Waals surface area contributed by atoms with Crippen molar-refractivity contribution in [1.82, 2.24) is 10.0 Å². The first-order chi connectivity index (χ1) is 19.5. The molecule has 0 unspecified atom stereocenters. The van der Waals surface area contributed by atoms with Crippen molar-refractivity contribution in [1.29, 1.82) is 0 Å². The Morgan fingerprint density at radius 1 is 0.857 bits per heavy atom. The fourth-order valence-corrected chi connectivity index (χ4v) is 8.35. The molecule has 5 rings (SSSR count). The predicted octanol–water partition coefficient (Wildman–Crippen LogP) is 5.19. The Hall–Kier alpha value is -3.00. The third kappa shape index (κ3) is 3.82. The van der Waals surface area contributed by atoms with E-state index >= 15 is 0 Å². The molecule has 2 aromatic carbocycles. The molecular weight excluding hydrogens is 685 g/mol. The van der Waals surface area contributed by atoms with E-state index in [1.54, 1.807) is 0 Å². The van der Waals surface area contributed by atoms with Crippen LogP contribution in [0.5, 0.6) is 0 Å². The highest BCUT2D eigenvalue weighted by atomic mass is 35.5. The monoisotopic (exact) mass is 694 g/mol. The fraction of sp³-hybridized carbons (Fsp3) is 0.250. The smallest absolute Gasteiger partial charge is 0.282 e. The Balaban J connectivity index is 1.63. The Morgan fingerprint density at radius 3 is 1.93 bits per heavy atom. The topological polar surface area (TPSA) is 161 Å². The predicted molar refractivity (Wildman–Crippen MR) is 151 cm³/mol. The molecule has 3 amide bonds. The molecule has 2 bridgehead atoms. The number of halogens is 6. The molecule has 0 N–H and O–H groups in total. The van der Waals surface area contributed by atoms with Gasteiger partial charge >= 0.3 is 0 Å². The van der Waals surface area contributed by atoms with E-state index in [0.717, 1.165) is 24.3 Å². The first-order valence-electron chi connectivity index (χ1n) is 11.6. The summed E-state index contributed by atoms with van der Waals surface area (Å²) in [6.07, 6.45) is 0. The van der Waals surface area contributed by atoms with E-state index in [0.29, 0.717) is 5.01 Å². The van der Waals surface area contributed by atoms with Gasteiger partial charge in [-0.3, -0.25) is 39.4 Å². The number of non-ortho nitro benzene ring substituents is 1. The molecule has 2 aromatic rings. The van der Waals surface area contributed by atoms with Crippen LogP contribution < -0.4 is 0 Å². The van der Waals surface area contributed by atoms with Gasteiger partial charge in [-0.1, -0.05) is 70.7 Å². The highest BCUT2D eigenvalue weighted by molar-refractivity contribution is 6.66. The molecule has 3 aliphatic rings. The van der Waals surface area contributed by atoms with Crippen molar-refractivity contribution in [3.05, 3.63) is 90.0 Å². The molecule has 1 saturated carbocycles. The Labute approximate surface area is 264 Å². The first kappa shape index (κ1) is 30.5. The number of carbonyl (C=O) groups is 4. The molecular formula is C24H12Cl6N4O8. The van der Waals surface area contributed by atoms with Gasteiger partial charge in [-0.15, -0.1) is 23.2 Å². The summed E-state index contributed by atoms with van der Waals surface area (Å²) in [5.74, 6) is -8.03. The van der Waals surface area contributed by atoms with E-state index in [-0.39, 0.29) is 10.6 Å². The highest BCUT2D eigenvalue weighted by Crippen LogP contribution is 2.77. The number of ketones is 1. The van der Waals surface area contributed by atoms with Gasteiger partial charge in [0.15, 0.2) is 10.1 Å². The third-order valence-electron chi connectivity index (χ3n) is 7.36. The average molecular weight is 697 g/mol.